The topological polar surface area (TPSA) is 90.2 Å². The first kappa shape index (κ1) is 25.3. The van der Waals surface area contributed by atoms with Gasteiger partial charge in [0.25, 0.3) is 0 Å². The number of amides is 1. The molecule has 10 heteroatoms. The van der Waals surface area contributed by atoms with Crippen molar-refractivity contribution in [1.82, 2.24) is 25.0 Å². The average Bonchev–Trinajstić information content (AvgIpc) is 3.01. The van der Waals surface area contributed by atoms with Gasteiger partial charge in [-0.15, -0.1) is 0 Å². The molecule has 0 radical (unpaired) electrons. The number of hydrogen-bond donors (Lipinski definition) is 2. The van der Waals surface area contributed by atoms with Gasteiger partial charge in [-0.05, 0) is 0 Å². The molecule has 1 heterocycles. The van der Waals surface area contributed by atoms with Gasteiger partial charge in [0, 0.05) is 0 Å². The number of aromatic nitrogens is 3. The summed E-state index contributed by atoms with van der Waals surface area (Å²) in [5, 5.41) is 10.1. The fourth-order valence-corrected chi connectivity index (χ4v) is 6.01. The van der Waals surface area contributed by atoms with Crippen molar-refractivity contribution in [3.05, 3.63) is 39.8 Å². The maximum absolute atomic E-state index is 15.1. The van der Waals surface area contributed by atoms with Crippen molar-refractivity contribution in [1.29, 1.82) is 0 Å². The standard InChI is InChI=1S/C21H33FIN5O3/c1-7-10-23(4)31-18-12-17(28-21(30)27(6)19(26-28)13-24-5)16(22)11-15(18)20(29)25-14(8-2)9-3/h11-12,14,24H,7-10,13H2,1-6H3,(H,25,29). The molecule has 0 saturated carbocycles. The van der Waals surface area contributed by atoms with E-state index in [-0.39, 0.29) is 23.2 Å². The number of hydrogen-bond acceptors (Lipinski definition) is 5. The van der Waals surface area contributed by atoms with Gasteiger partial charge in [0.2, 0.25) is 0 Å². The Balaban J connectivity index is 2.56. The van der Waals surface area contributed by atoms with E-state index in [9.17, 15) is 9.59 Å². The molecule has 0 atom stereocenters. The number of rotatable bonds is 11. The fourth-order valence-electron chi connectivity index (χ4n) is 3.10. The summed E-state index contributed by atoms with van der Waals surface area (Å²) in [6, 6.07) is 2.58. The summed E-state index contributed by atoms with van der Waals surface area (Å²) < 4.78 is 24.6. The second kappa shape index (κ2) is 11.6. The molecule has 174 valence electrons. The number of nitrogens with one attached hydrogen (secondary N) is 2. The Bertz CT molecular complexity index is 955. The molecule has 0 spiro atoms. The Morgan fingerprint density at radius 2 is 1.97 bits per heavy atom. The predicted octanol–water partition coefficient (Wildman–Crippen LogP) is 3.19. The summed E-state index contributed by atoms with van der Waals surface area (Å²) >= 11 is -1.82. The number of carbonyl (C=O) groups excluding carboxylic acids is 1. The Hall–Kier alpha value is -1.95. The van der Waals surface area contributed by atoms with Gasteiger partial charge < -0.3 is 0 Å². The zero-order chi connectivity index (χ0) is 23.1. The Labute approximate surface area is 190 Å². The van der Waals surface area contributed by atoms with Gasteiger partial charge in [0.05, 0.1) is 0 Å². The van der Waals surface area contributed by atoms with Crippen LogP contribution in [0.15, 0.2) is 16.9 Å². The van der Waals surface area contributed by atoms with Gasteiger partial charge >= 0.3 is 191 Å². The number of nitrogens with zero attached hydrogens (tertiary/aromatic N) is 3. The van der Waals surface area contributed by atoms with E-state index < -0.39 is 31.7 Å². The second-order valence-electron chi connectivity index (χ2n) is 7.28. The average molecular weight is 549 g/mol. The first-order chi connectivity index (χ1) is 14.8. The van der Waals surface area contributed by atoms with Crippen LogP contribution in [0.1, 0.15) is 56.2 Å². The number of benzene rings is 1. The number of alkyl halides is 2. The van der Waals surface area contributed by atoms with E-state index in [0.29, 0.717) is 18.1 Å². The zero-order valence-corrected chi connectivity index (χ0v) is 21.2. The van der Waals surface area contributed by atoms with E-state index >= 15 is 4.39 Å². The summed E-state index contributed by atoms with van der Waals surface area (Å²) in [6.07, 6.45) is 2.52. The molecule has 0 aliphatic carbocycles. The van der Waals surface area contributed by atoms with Crippen molar-refractivity contribution in [3.63, 3.8) is 0 Å². The molecule has 8 nitrogen and oxygen atoms in total. The first-order valence-electron chi connectivity index (χ1n) is 10.5. The molecule has 31 heavy (non-hydrogen) atoms. The Kier molecular flexibility index (Phi) is 9.48. The summed E-state index contributed by atoms with van der Waals surface area (Å²) in [5.74, 6) is -0.307. The van der Waals surface area contributed by atoms with Crippen LogP contribution in [-0.4, -0.2) is 42.7 Å². The van der Waals surface area contributed by atoms with Gasteiger partial charge in [0.15, 0.2) is 0 Å². The van der Waals surface area contributed by atoms with E-state index in [4.69, 9.17) is 3.07 Å². The zero-order valence-electron chi connectivity index (χ0n) is 19.1. The quantitative estimate of drug-likeness (QED) is 0.332. The van der Waals surface area contributed by atoms with Crippen LogP contribution in [0.3, 0.4) is 0 Å². The van der Waals surface area contributed by atoms with Crippen LogP contribution in [0.2, 0.25) is 0 Å². The van der Waals surface area contributed by atoms with Gasteiger partial charge in [-0.2, -0.15) is 0 Å². The predicted molar refractivity (Wildman–Crippen MR) is 129 cm³/mol. The minimum atomic E-state index is -1.82. The molecule has 0 bridgehead atoms. The van der Waals surface area contributed by atoms with Crippen molar-refractivity contribution in [2.45, 2.75) is 52.6 Å². The molecule has 1 amide bonds. The van der Waals surface area contributed by atoms with Crippen LogP contribution in [-0.2, 0) is 13.6 Å². The van der Waals surface area contributed by atoms with Crippen molar-refractivity contribution in [2.24, 2.45) is 7.05 Å². The summed E-state index contributed by atoms with van der Waals surface area (Å²) in [4.78, 5) is 27.6. The van der Waals surface area contributed by atoms with Crippen molar-refractivity contribution in [3.8, 4) is 11.4 Å². The van der Waals surface area contributed by atoms with Crippen molar-refractivity contribution in [2.75, 3.05) is 16.4 Å². The van der Waals surface area contributed by atoms with E-state index in [1.165, 1.54) is 10.6 Å². The van der Waals surface area contributed by atoms with Crippen LogP contribution in [0.4, 0.5) is 4.39 Å². The van der Waals surface area contributed by atoms with Crippen LogP contribution < -0.4 is 19.4 Å². The molecule has 2 N–H and O–H groups in total. The molecular formula is C21H33FIN5O3. The van der Waals surface area contributed by atoms with Crippen molar-refractivity contribution < 1.29 is 12.3 Å². The third kappa shape index (κ3) is 6.06. The molecule has 0 saturated heterocycles. The van der Waals surface area contributed by atoms with Gasteiger partial charge in [-0.25, -0.2) is 0 Å². The molecule has 2 aromatic rings. The third-order valence-corrected chi connectivity index (χ3v) is 8.74. The van der Waals surface area contributed by atoms with E-state index in [1.54, 1.807) is 14.1 Å². The minimum absolute atomic E-state index is 0.00234. The Morgan fingerprint density at radius 3 is 2.55 bits per heavy atom. The Morgan fingerprint density at radius 1 is 1.29 bits per heavy atom. The maximum atomic E-state index is 15.1. The summed E-state index contributed by atoms with van der Waals surface area (Å²) in [5.41, 5.74) is -0.351. The van der Waals surface area contributed by atoms with Gasteiger partial charge in [0.1, 0.15) is 0 Å². The molecule has 0 unspecified atom stereocenters. The van der Waals surface area contributed by atoms with Crippen LogP contribution in [0, 0.1) is 5.82 Å². The first-order valence-corrected chi connectivity index (χ1v) is 15.0. The van der Waals surface area contributed by atoms with Gasteiger partial charge in [-0.1, -0.05) is 0 Å². The SMILES string of the molecule is CCCI(C)Oc1cc(-n2nc(CNC)n(C)c2=O)c(F)cc1C(=O)NC(CC)CC. The molecule has 1 aromatic carbocycles. The monoisotopic (exact) mass is 549 g/mol. The normalized spacial score (nSPS) is 11.7. The number of halogens is 2. The van der Waals surface area contributed by atoms with Crippen LogP contribution in [0.5, 0.6) is 5.75 Å². The van der Waals surface area contributed by atoms with Crippen LogP contribution in [0.25, 0.3) is 5.69 Å². The molecule has 0 fully saturated rings. The van der Waals surface area contributed by atoms with E-state index in [1.807, 2.05) is 13.8 Å². The molecule has 1 aromatic heterocycles. The third-order valence-electron chi connectivity index (χ3n) is 4.92. The second-order valence-corrected chi connectivity index (χ2v) is 11.8. The number of carbonyl (C=O) groups is 1. The fraction of sp³-hybridized carbons (Fsp3) is 0.571. The molecule has 0 aliphatic heterocycles. The van der Waals surface area contributed by atoms with E-state index in [2.05, 4.69) is 27.6 Å². The summed E-state index contributed by atoms with van der Waals surface area (Å²) in [7, 11) is 3.33. The molecular weight excluding hydrogens is 516 g/mol. The van der Waals surface area contributed by atoms with Crippen molar-refractivity contribution >= 4 is 26.1 Å². The van der Waals surface area contributed by atoms with Crippen LogP contribution >= 0.6 is 20.2 Å². The summed E-state index contributed by atoms with van der Waals surface area (Å²) in [6.45, 7) is 6.41. The molecule has 0 aliphatic rings. The van der Waals surface area contributed by atoms with E-state index in [0.717, 1.165) is 34.4 Å². The van der Waals surface area contributed by atoms with Gasteiger partial charge in [-0.3, -0.25) is 0 Å². The molecule has 2 rings (SSSR count).